The Labute approximate surface area is 187 Å². The lowest BCUT2D eigenvalue weighted by atomic mass is 10.1. The molecular formula is C21H21ClFN3O2S2. The molecule has 0 saturated carbocycles. The summed E-state index contributed by atoms with van der Waals surface area (Å²) in [6.07, 6.45) is 8.99. The zero-order valence-electron chi connectivity index (χ0n) is 16.9. The highest BCUT2D eigenvalue weighted by Crippen LogP contribution is 2.40. The van der Waals surface area contributed by atoms with Gasteiger partial charge in [0.25, 0.3) is 0 Å². The van der Waals surface area contributed by atoms with Crippen molar-refractivity contribution in [1.82, 2.24) is 9.97 Å². The predicted octanol–water partition coefficient (Wildman–Crippen LogP) is 6.83. The molecule has 3 rings (SSSR count). The number of hydrogen-bond donors (Lipinski definition) is 1. The minimum atomic E-state index is -1.07. The summed E-state index contributed by atoms with van der Waals surface area (Å²) in [7, 11) is 0. The van der Waals surface area contributed by atoms with Crippen LogP contribution in [0, 0.1) is 0 Å². The fourth-order valence-corrected chi connectivity index (χ4v) is 4.32. The molecule has 0 spiro atoms. The number of rotatable bonds is 6. The number of aliphatic imine (C=N–C) groups is 1. The molecule has 0 bridgehead atoms. The molecule has 30 heavy (non-hydrogen) atoms. The van der Waals surface area contributed by atoms with Gasteiger partial charge in [-0.1, -0.05) is 23.8 Å². The first-order valence-electron chi connectivity index (χ1n) is 9.12. The first kappa shape index (κ1) is 22.7. The quantitative estimate of drug-likeness (QED) is 0.473. The van der Waals surface area contributed by atoms with E-state index in [1.165, 1.54) is 36.1 Å². The molecule has 2 aromatic rings. The largest absolute Gasteiger partial charge is 0.429 e. The smallest absolute Gasteiger partial charge is 0.223 e. The Balaban J connectivity index is 2.02. The van der Waals surface area contributed by atoms with E-state index in [1.54, 1.807) is 38.4 Å². The summed E-state index contributed by atoms with van der Waals surface area (Å²) >= 11 is 8.70. The van der Waals surface area contributed by atoms with Crippen LogP contribution < -0.4 is 0 Å². The van der Waals surface area contributed by atoms with Gasteiger partial charge in [0, 0.05) is 17.2 Å². The maximum absolute atomic E-state index is 13.1. The highest BCUT2D eigenvalue weighted by Gasteiger charge is 2.25. The van der Waals surface area contributed by atoms with E-state index in [-0.39, 0.29) is 5.83 Å². The third kappa shape index (κ3) is 5.78. The molecule has 1 aliphatic heterocycles. The molecule has 1 aliphatic rings. The standard InChI is InChI=1S/C21H21ClFN3O2S2/c1-12(8-9-13(2)23)18-26-17(19-25-15(11-29-19)21(3,4)27)20(28-18)30-16-7-5-6-14(22)10-24-16/h6-11,27H,5H2,1-4H3. The van der Waals surface area contributed by atoms with E-state index >= 15 is 0 Å². The molecule has 0 aromatic carbocycles. The molecule has 0 aliphatic carbocycles. The van der Waals surface area contributed by atoms with E-state index in [0.29, 0.717) is 49.4 Å². The Morgan fingerprint density at radius 1 is 1.30 bits per heavy atom. The van der Waals surface area contributed by atoms with Crippen LogP contribution in [0.2, 0.25) is 0 Å². The molecule has 5 nitrogen and oxygen atoms in total. The van der Waals surface area contributed by atoms with Crippen LogP contribution in [0.4, 0.5) is 4.39 Å². The number of thioether (sulfide) groups is 1. The minimum Gasteiger partial charge on any atom is -0.429 e. The van der Waals surface area contributed by atoms with Crippen molar-refractivity contribution in [2.45, 2.75) is 44.8 Å². The summed E-state index contributed by atoms with van der Waals surface area (Å²) in [5.41, 5.74) is 0.699. The summed E-state index contributed by atoms with van der Waals surface area (Å²) in [6, 6.07) is 0. The van der Waals surface area contributed by atoms with Gasteiger partial charge in [0.15, 0.2) is 10.8 Å². The third-order valence-electron chi connectivity index (χ3n) is 3.95. The average Bonchev–Trinajstić information content (AvgIpc) is 3.26. The maximum atomic E-state index is 13.1. The van der Waals surface area contributed by atoms with Crippen molar-refractivity contribution >= 4 is 46.5 Å². The van der Waals surface area contributed by atoms with Gasteiger partial charge in [-0.2, -0.15) is 0 Å². The summed E-state index contributed by atoms with van der Waals surface area (Å²) in [6.45, 7) is 6.52. The Bertz CT molecular complexity index is 1080. The zero-order valence-corrected chi connectivity index (χ0v) is 19.3. The van der Waals surface area contributed by atoms with Crippen molar-refractivity contribution < 1.29 is 13.9 Å². The molecule has 0 saturated heterocycles. The van der Waals surface area contributed by atoms with Crippen LogP contribution in [0.3, 0.4) is 0 Å². The number of aliphatic hydroxyl groups is 1. The van der Waals surface area contributed by atoms with E-state index in [9.17, 15) is 9.50 Å². The molecule has 0 amide bonds. The molecule has 3 heterocycles. The van der Waals surface area contributed by atoms with Gasteiger partial charge in [0.1, 0.15) is 15.6 Å². The number of halogens is 2. The van der Waals surface area contributed by atoms with Crippen LogP contribution in [-0.2, 0) is 5.60 Å². The monoisotopic (exact) mass is 465 g/mol. The van der Waals surface area contributed by atoms with E-state index in [2.05, 4.69) is 15.0 Å². The highest BCUT2D eigenvalue weighted by atomic mass is 35.5. The minimum absolute atomic E-state index is 0.312. The van der Waals surface area contributed by atoms with Gasteiger partial charge in [0.2, 0.25) is 5.89 Å². The van der Waals surface area contributed by atoms with Gasteiger partial charge in [-0.15, -0.1) is 11.3 Å². The van der Waals surface area contributed by atoms with Crippen molar-refractivity contribution in [3.05, 3.63) is 57.2 Å². The van der Waals surface area contributed by atoms with Gasteiger partial charge >= 0.3 is 0 Å². The van der Waals surface area contributed by atoms with Crippen LogP contribution in [0.25, 0.3) is 16.3 Å². The molecule has 1 N–H and O–H groups in total. The van der Waals surface area contributed by atoms with Crippen molar-refractivity contribution in [2.24, 2.45) is 4.99 Å². The maximum Gasteiger partial charge on any atom is 0.223 e. The second-order valence-electron chi connectivity index (χ2n) is 7.08. The molecule has 0 fully saturated rings. The molecule has 158 valence electrons. The van der Waals surface area contributed by atoms with E-state index in [0.717, 1.165) is 0 Å². The SMILES string of the molecule is CC(F)=CC=C(C)c1nc(-c2nc(C(C)(C)O)cs2)c(SC2=CCC=C(Cl)C=N2)o1. The average molecular weight is 466 g/mol. The van der Waals surface area contributed by atoms with Gasteiger partial charge in [-0.25, -0.2) is 19.4 Å². The van der Waals surface area contributed by atoms with Crippen molar-refractivity contribution in [1.29, 1.82) is 0 Å². The van der Waals surface area contributed by atoms with E-state index in [4.69, 9.17) is 16.0 Å². The van der Waals surface area contributed by atoms with Gasteiger partial charge in [-0.05, 0) is 58.0 Å². The summed E-state index contributed by atoms with van der Waals surface area (Å²) in [4.78, 5) is 13.5. The third-order valence-corrected chi connectivity index (χ3v) is 5.99. The molecule has 0 atom stereocenters. The summed E-state index contributed by atoms with van der Waals surface area (Å²) in [5, 5.41) is 14.5. The topological polar surface area (TPSA) is 71.5 Å². The lowest BCUT2D eigenvalue weighted by molar-refractivity contribution is 0.0746. The number of hydrogen-bond acceptors (Lipinski definition) is 7. The second-order valence-corrected chi connectivity index (χ2v) is 9.37. The number of allylic oxidation sites excluding steroid dienone is 7. The van der Waals surface area contributed by atoms with Crippen molar-refractivity contribution in [3.8, 4) is 10.7 Å². The lowest BCUT2D eigenvalue weighted by Crippen LogP contribution is -2.15. The zero-order chi connectivity index (χ0) is 21.9. The van der Waals surface area contributed by atoms with E-state index in [1.807, 2.05) is 12.2 Å². The Morgan fingerprint density at radius 3 is 2.73 bits per heavy atom. The van der Waals surface area contributed by atoms with Crippen LogP contribution >= 0.6 is 34.7 Å². The Hall–Kier alpha value is -2.00. The highest BCUT2D eigenvalue weighted by molar-refractivity contribution is 8.03. The lowest BCUT2D eigenvalue weighted by Gasteiger charge is -2.12. The second kappa shape index (κ2) is 9.43. The first-order chi connectivity index (χ1) is 14.1. The summed E-state index contributed by atoms with van der Waals surface area (Å²) in [5.74, 6) is 0.0483. The molecule has 2 aromatic heterocycles. The Kier molecular flexibility index (Phi) is 7.13. The molecule has 0 unspecified atom stereocenters. The Morgan fingerprint density at radius 2 is 2.07 bits per heavy atom. The fraction of sp³-hybridized carbons (Fsp3) is 0.286. The normalized spacial score (nSPS) is 15.8. The van der Waals surface area contributed by atoms with Crippen LogP contribution in [-0.4, -0.2) is 21.3 Å². The van der Waals surface area contributed by atoms with Crippen molar-refractivity contribution in [3.63, 3.8) is 0 Å². The van der Waals surface area contributed by atoms with Gasteiger partial charge < -0.3 is 9.52 Å². The van der Waals surface area contributed by atoms with E-state index < -0.39 is 5.60 Å². The predicted molar refractivity (Wildman–Crippen MR) is 122 cm³/mol. The molecule has 0 radical (unpaired) electrons. The van der Waals surface area contributed by atoms with Crippen LogP contribution in [0.5, 0.6) is 0 Å². The number of aromatic nitrogens is 2. The summed E-state index contributed by atoms with van der Waals surface area (Å²) < 4.78 is 19.1. The van der Waals surface area contributed by atoms with Crippen LogP contribution in [0.15, 0.2) is 60.1 Å². The fourth-order valence-electron chi connectivity index (χ4n) is 2.32. The molecule has 9 heteroatoms. The number of oxazole rings is 1. The van der Waals surface area contributed by atoms with Crippen molar-refractivity contribution in [2.75, 3.05) is 0 Å². The van der Waals surface area contributed by atoms with Gasteiger partial charge in [0.05, 0.1) is 16.6 Å². The number of thiazole rings is 1. The first-order valence-corrected chi connectivity index (χ1v) is 11.2. The molecular weight excluding hydrogens is 445 g/mol. The van der Waals surface area contributed by atoms with Crippen LogP contribution in [0.1, 0.15) is 45.7 Å². The number of nitrogens with zero attached hydrogens (tertiary/aromatic N) is 3. The van der Waals surface area contributed by atoms with Gasteiger partial charge in [-0.3, -0.25) is 0 Å².